The van der Waals surface area contributed by atoms with E-state index in [-0.39, 0.29) is 11.5 Å². The molecule has 28 heavy (non-hydrogen) atoms. The van der Waals surface area contributed by atoms with Crippen LogP contribution in [0.25, 0.3) is 0 Å². The SMILES string of the molecule is CCN1CCN(C(=O)c2ccccc2NC=C2C(=O)OC(C)(C)OC2=O)CC1. The number of cyclic esters (lactones) is 2. The lowest BCUT2D eigenvalue weighted by Gasteiger charge is -2.34. The molecule has 0 aromatic heterocycles. The minimum Gasteiger partial charge on any atom is -0.419 e. The van der Waals surface area contributed by atoms with Crippen molar-refractivity contribution in [1.82, 2.24) is 9.80 Å². The Kier molecular flexibility index (Phi) is 5.69. The molecular weight excluding hydrogens is 362 g/mol. The highest BCUT2D eigenvalue weighted by molar-refractivity contribution is 6.15. The Morgan fingerprint density at radius 1 is 1.11 bits per heavy atom. The molecule has 3 rings (SSSR count). The number of nitrogens with one attached hydrogen (secondary N) is 1. The second-order valence-electron chi connectivity index (χ2n) is 7.15. The van der Waals surface area contributed by atoms with Gasteiger partial charge in [0, 0.05) is 46.2 Å². The lowest BCUT2D eigenvalue weighted by Crippen LogP contribution is -2.48. The number of carbonyl (C=O) groups excluding carboxylic acids is 3. The molecule has 1 aromatic rings. The average molecular weight is 387 g/mol. The Bertz CT molecular complexity index is 788. The number of nitrogens with zero attached hydrogens (tertiary/aromatic N) is 2. The summed E-state index contributed by atoms with van der Waals surface area (Å²) in [7, 11) is 0. The maximum atomic E-state index is 12.9. The van der Waals surface area contributed by atoms with Crippen molar-refractivity contribution < 1.29 is 23.9 Å². The summed E-state index contributed by atoms with van der Waals surface area (Å²) in [6.45, 7) is 9.05. The molecular formula is C20H25N3O5. The van der Waals surface area contributed by atoms with Gasteiger partial charge in [-0.3, -0.25) is 4.79 Å². The van der Waals surface area contributed by atoms with Gasteiger partial charge in [0.1, 0.15) is 0 Å². The van der Waals surface area contributed by atoms with Crippen molar-refractivity contribution in [3.63, 3.8) is 0 Å². The molecule has 2 aliphatic heterocycles. The van der Waals surface area contributed by atoms with Crippen molar-refractivity contribution in [2.75, 3.05) is 38.0 Å². The van der Waals surface area contributed by atoms with Crippen LogP contribution in [-0.2, 0) is 19.1 Å². The Labute approximate surface area is 164 Å². The number of hydrogen-bond donors (Lipinski definition) is 1. The number of benzene rings is 1. The van der Waals surface area contributed by atoms with Crippen LogP contribution in [0.3, 0.4) is 0 Å². The first-order chi connectivity index (χ1) is 13.3. The van der Waals surface area contributed by atoms with Crippen LogP contribution in [0.5, 0.6) is 0 Å². The van der Waals surface area contributed by atoms with Gasteiger partial charge in [-0.25, -0.2) is 9.59 Å². The van der Waals surface area contributed by atoms with Crippen molar-refractivity contribution in [2.45, 2.75) is 26.6 Å². The first-order valence-corrected chi connectivity index (χ1v) is 9.35. The number of anilines is 1. The first-order valence-electron chi connectivity index (χ1n) is 9.35. The number of ether oxygens (including phenoxy) is 2. The molecule has 2 fully saturated rings. The zero-order valence-electron chi connectivity index (χ0n) is 16.4. The lowest BCUT2D eigenvalue weighted by molar-refractivity contribution is -0.222. The van der Waals surface area contributed by atoms with Gasteiger partial charge >= 0.3 is 11.9 Å². The molecule has 2 aliphatic rings. The first kappa shape index (κ1) is 19.9. The minimum absolute atomic E-state index is 0.0906. The fourth-order valence-corrected chi connectivity index (χ4v) is 3.16. The Morgan fingerprint density at radius 2 is 1.71 bits per heavy atom. The van der Waals surface area contributed by atoms with Crippen LogP contribution in [0.4, 0.5) is 5.69 Å². The monoisotopic (exact) mass is 387 g/mol. The van der Waals surface area contributed by atoms with Crippen LogP contribution in [-0.4, -0.2) is 66.2 Å². The Balaban J connectivity index is 1.75. The van der Waals surface area contributed by atoms with Gasteiger partial charge in [0.25, 0.3) is 11.7 Å². The Morgan fingerprint density at radius 3 is 2.32 bits per heavy atom. The number of likely N-dealkylation sites (N-methyl/N-ethyl adjacent to an activating group) is 1. The van der Waals surface area contributed by atoms with Gasteiger partial charge in [-0.2, -0.15) is 0 Å². The molecule has 0 bridgehead atoms. The molecule has 0 spiro atoms. The summed E-state index contributed by atoms with van der Waals surface area (Å²) < 4.78 is 10.1. The topological polar surface area (TPSA) is 88.2 Å². The van der Waals surface area contributed by atoms with E-state index in [1.54, 1.807) is 24.3 Å². The zero-order valence-corrected chi connectivity index (χ0v) is 16.4. The van der Waals surface area contributed by atoms with E-state index in [1.165, 1.54) is 20.0 Å². The summed E-state index contributed by atoms with van der Waals surface area (Å²) in [4.78, 5) is 41.2. The minimum atomic E-state index is -1.29. The second-order valence-corrected chi connectivity index (χ2v) is 7.15. The van der Waals surface area contributed by atoms with Crippen LogP contribution in [0, 0.1) is 0 Å². The average Bonchev–Trinajstić information content (AvgIpc) is 2.66. The van der Waals surface area contributed by atoms with Crippen molar-refractivity contribution in [3.8, 4) is 0 Å². The van der Waals surface area contributed by atoms with Gasteiger partial charge in [0.05, 0.1) is 11.3 Å². The summed E-state index contributed by atoms with van der Waals surface area (Å²) in [6.07, 6.45) is 1.22. The molecule has 2 heterocycles. The highest BCUT2D eigenvalue weighted by Gasteiger charge is 2.39. The third-order valence-electron chi connectivity index (χ3n) is 4.75. The van der Waals surface area contributed by atoms with Crippen LogP contribution in [0.15, 0.2) is 36.0 Å². The van der Waals surface area contributed by atoms with Crippen LogP contribution >= 0.6 is 0 Å². The highest BCUT2D eigenvalue weighted by Crippen LogP contribution is 2.24. The van der Waals surface area contributed by atoms with E-state index in [0.29, 0.717) is 24.3 Å². The smallest absolute Gasteiger partial charge is 0.350 e. The second kappa shape index (κ2) is 8.02. The molecule has 0 aliphatic carbocycles. The summed E-state index contributed by atoms with van der Waals surface area (Å²) >= 11 is 0. The van der Waals surface area contributed by atoms with E-state index in [4.69, 9.17) is 9.47 Å². The fourth-order valence-electron chi connectivity index (χ4n) is 3.16. The van der Waals surface area contributed by atoms with Gasteiger partial charge < -0.3 is 24.6 Å². The van der Waals surface area contributed by atoms with Crippen molar-refractivity contribution >= 4 is 23.5 Å². The van der Waals surface area contributed by atoms with Gasteiger partial charge in [-0.15, -0.1) is 0 Å². The van der Waals surface area contributed by atoms with Crippen molar-refractivity contribution in [3.05, 3.63) is 41.6 Å². The predicted octanol–water partition coefficient (Wildman–Crippen LogP) is 1.60. The fraction of sp³-hybridized carbons (Fsp3) is 0.450. The molecule has 0 radical (unpaired) electrons. The molecule has 8 heteroatoms. The number of rotatable bonds is 4. The van der Waals surface area contributed by atoms with Crippen LogP contribution in [0.2, 0.25) is 0 Å². The number of para-hydroxylation sites is 1. The van der Waals surface area contributed by atoms with Gasteiger partial charge in [0.15, 0.2) is 5.57 Å². The van der Waals surface area contributed by atoms with E-state index < -0.39 is 17.7 Å². The quantitative estimate of drug-likeness (QED) is 0.477. The van der Waals surface area contributed by atoms with Crippen LogP contribution in [0.1, 0.15) is 31.1 Å². The molecule has 1 amide bonds. The van der Waals surface area contributed by atoms with Crippen LogP contribution < -0.4 is 5.32 Å². The zero-order chi connectivity index (χ0) is 20.3. The third-order valence-corrected chi connectivity index (χ3v) is 4.75. The lowest BCUT2D eigenvalue weighted by atomic mass is 10.1. The maximum absolute atomic E-state index is 12.9. The predicted molar refractivity (Wildman–Crippen MR) is 102 cm³/mol. The van der Waals surface area contributed by atoms with E-state index in [9.17, 15) is 14.4 Å². The molecule has 0 atom stereocenters. The standard InChI is InChI=1S/C20H25N3O5/c1-4-22-9-11-23(12-10-22)17(24)14-7-5-6-8-16(14)21-13-15-18(25)27-20(2,3)28-19(15)26/h5-8,13,21H,4,9-12H2,1-3H3. The summed E-state index contributed by atoms with van der Waals surface area (Å²) in [5.41, 5.74) is 0.726. The highest BCUT2D eigenvalue weighted by atomic mass is 16.7. The Hall–Kier alpha value is -2.87. The number of piperazine rings is 1. The molecule has 1 N–H and O–H groups in total. The van der Waals surface area contributed by atoms with Gasteiger partial charge in [-0.1, -0.05) is 19.1 Å². The van der Waals surface area contributed by atoms with E-state index in [0.717, 1.165) is 19.6 Å². The number of hydrogen-bond acceptors (Lipinski definition) is 7. The molecule has 150 valence electrons. The molecule has 1 aromatic carbocycles. The maximum Gasteiger partial charge on any atom is 0.350 e. The van der Waals surface area contributed by atoms with E-state index >= 15 is 0 Å². The summed E-state index contributed by atoms with van der Waals surface area (Å²) in [5.74, 6) is -2.92. The number of amides is 1. The van der Waals surface area contributed by atoms with Gasteiger partial charge in [-0.05, 0) is 18.7 Å². The van der Waals surface area contributed by atoms with E-state index in [2.05, 4.69) is 17.1 Å². The van der Waals surface area contributed by atoms with Crippen molar-refractivity contribution in [1.29, 1.82) is 0 Å². The van der Waals surface area contributed by atoms with Gasteiger partial charge in [0.2, 0.25) is 0 Å². The number of esters is 2. The molecule has 0 saturated carbocycles. The molecule has 0 unspecified atom stereocenters. The number of carbonyl (C=O) groups is 3. The van der Waals surface area contributed by atoms with Crippen molar-refractivity contribution in [2.24, 2.45) is 0 Å². The normalized spacial score (nSPS) is 19.7. The summed E-state index contributed by atoms with van der Waals surface area (Å²) in [6, 6.07) is 6.98. The molecule has 8 nitrogen and oxygen atoms in total. The summed E-state index contributed by atoms with van der Waals surface area (Å²) in [5, 5.41) is 2.89. The third kappa shape index (κ3) is 4.33. The largest absolute Gasteiger partial charge is 0.419 e. The molecule has 2 saturated heterocycles. The van der Waals surface area contributed by atoms with E-state index in [1.807, 2.05) is 4.90 Å².